The van der Waals surface area contributed by atoms with Crippen molar-refractivity contribution in [1.29, 1.82) is 0 Å². The first-order valence-corrected chi connectivity index (χ1v) is 7.13. The van der Waals surface area contributed by atoms with Crippen molar-refractivity contribution >= 4 is 17.7 Å². The number of alkyl halides is 3. The largest absolute Gasteiger partial charge is 0.465 e. The van der Waals surface area contributed by atoms with Gasteiger partial charge in [-0.05, 0) is 24.3 Å². The topological polar surface area (TPSA) is 58.4 Å². The number of nitrogens with zero attached hydrogens (tertiary/aromatic N) is 3. The van der Waals surface area contributed by atoms with Crippen LogP contribution >= 0.6 is 11.6 Å². The molecule has 24 heavy (non-hydrogen) atoms. The Morgan fingerprint density at radius 2 is 2.04 bits per heavy atom. The molecule has 0 fully saturated rings. The summed E-state index contributed by atoms with van der Waals surface area (Å²) >= 11 is 5.68. The molecule has 0 saturated heterocycles. The molecule has 2 aromatic rings. The van der Waals surface area contributed by atoms with E-state index in [9.17, 15) is 22.4 Å². The third-order valence-electron chi connectivity index (χ3n) is 3.72. The summed E-state index contributed by atoms with van der Waals surface area (Å²) in [5, 5.41) is 12.8. The van der Waals surface area contributed by atoms with Gasteiger partial charge in [0.15, 0.2) is 6.04 Å². The van der Waals surface area contributed by atoms with Crippen LogP contribution in [0.15, 0.2) is 24.3 Å². The van der Waals surface area contributed by atoms with Gasteiger partial charge in [-0.15, -0.1) is 0 Å². The lowest BCUT2D eigenvalue weighted by atomic mass is 10.1. The van der Waals surface area contributed by atoms with Gasteiger partial charge in [0, 0.05) is 5.56 Å². The van der Waals surface area contributed by atoms with Gasteiger partial charge < -0.3 is 5.11 Å². The summed E-state index contributed by atoms with van der Waals surface area (Å²) in [7, 11) is 0. The number of hydrogen-bond acceptors (Lipinski definition) is 2. The van der Waals surface area contributed by atoms with Crippen LogP contribution in [0.2, 0.25) is 5.02 Å². The van der Waals surface area contributed by atoms with E-state index >= 15 is 0 Å². The number of carboxylic acid groups (broad SMARTS) is 1. The van der Waals surface area contributed by atoms with Crippen molar-refractivity contribution in [3.05, 3.63) is 40.8 Å². The second-order valence-corrected chi connectivity index (χ2v) is 5.72. The van der Waals surface area contributed by atoms with Crippen molar-refractivity contribution in [1.82, 2.24) is 14.7 Å². The average Bonchev–Trinajstić information content (AvgIpc) is 2.91. The van der Waals surface area contributed by atoms with Crippen LogP contribution < -0.4 is 0 Å². The van der Waals surface area contributed by atoms with E-state index in [1.807, 2.05) is 0 Å². The van der Waals surface area contributed by atoms with E-state index in [2.05, 4.69) is 5.10 Å². The molecule has 1 aromatic heterocycles. The van der Waals surface area contributed by atoms with Crippen molar-refractivity contribution < 1.29 is 27.5 Å². The molecule has 0 aliphatic carbocycles. The zero-order chi connectivity index (χ0) is 17.6. The zero-order valence-electron chi connectivity index (χ0n) is 11.9. The number of hydrogen-bond donors (Lipinski definition) is 1. The second-order valence-electron chi connectivity index (χ2n) is 5.31. The van der Waals surface area contributed by atoms with Crippen LogP contribution in [0.3, 0.4) is 0 Å². The molecular weight excluding hydrogens is 354 g/mol. The Morgan fingerprint density at radius 1 is 1.33 bits per heavy atom. The number of rotatable bonds is 1. The SMILES string of the molecule is O=C(O)N1Cc2cc(-c3ccc(F)c(Cl)c3)nn2C(C(F)(F)F)C1. The molecule has 1 aliphatic rings. The third-order valence-corrected chi connectivity index (χ3v) is 4.01. The maximum atomic E-state index is 13.2. The zero-order valence-corrected chi connectivity index (χ0v) is 12.6. The highest BCUT2D eigenvalue weighted by Crippen LogP contribution is 2.37. The Labute approximate surface area is 138 Å². The van der Waals surface area contributed by atoms with E-state index in [4.69, 9.17) is 16.7 Å². The fourth-order valence-corrected chi connectivity index (χ4v) is 2.73. The maximum absolute atomic E-state index is 13.2. The van der Waals surface area contributed by atoms with Crippen LogP contribution in [0, 0.1) is 5.82 Å². The van der Waals surface area contributed by atoms with E-state index in [0.717, 1.165) is 10.7 Å². The van der Waals surface area contributed by atoms with Crippen molar-refractivity contribution in [2.24, 2.45) is 0 Å². The van der Waals surface area contributed by atoms with Gasteiger partial charge in [-0.1, -0.05) is 11.6 Å². The van der Waals surface area contributed by atoms with Gasteiger partial charge in [-0.2, -0.15) is 18.3 Å². The summed E-state index contributed by atoms with van der Waals surface area (Å²) in [5.74, 6) is -0.658. The molecule has 10 heteroatoms. The molecule has 0 spiro atoms. The minimum Gasteiger partial charge on any atom is -0.465 e. The standard InChI is InChI=1S/C14H10ClF4N3O2/c15-9-3-7(1-2-10(9)16)11-4-8-5-21(13(23)24)6-12(14(17,18)19)22(8)20-11/h1-4,12H,5-6H2,(H,23,24). The molecule has 1 aromatic carbocycles. The molecule has 1 amide bonds. The van der Waals surface area contributed by atoms with Gasteiger partial charge in [-0.3, -0.25) is 9.58 Å². The van der Waals surface area contributed by atoms with E-state index in [1.165, 1.54) is 18.2 Å². The summed E-state index contributed by atoms with van der Waals surface area (Å²) in [4.78, 5) is 11.7. The van der Waals surface area contributed by atoms with Crippen LogP contribution in [0.25, 0.3) is 11.3 Å². The smallest absolute Gasteiger partial charge is 0.412 e. The van der Waals surface area contributed by atoms with Crippen LogP contribution in [-0.4, -0.2) is 38.6 Å². The predicted octanol–water partition coefficient (Wildman–Crippen LogP) is 3.94. The van der Waals surface area contributed by atoms with Gasteiger partial charge in [0.05, 0.1) is 29.5 Å². The van der Waals surface area contributed by atoms with Crippen LogP contribution in [-0.2, 0) is 6.54 Å². The van der Waals surface area contributed by atoms with Gasteiger partial charge in [-0.25, -0.2) is 9.18 Å². The predicted molar refractivity (Wildman–Crippen MR) is 76.2 cm³/mol. The summed E-state index contributed by atoms with van der Waals surface area (Å²) < 4.78 is 53.7. The highest BCUT2D eigenvalue weighted by atomic mass is 35.5. The van der Waals surface area contributed by atoms with Gasteiger partial charge >= 0.3 is 12.3 Å². The average molecular weight is 364 g/mol. The molecule has 1 atom stereocenters. The molecule has 3 rings (SSSR count). The number of carbonyl (C=O) groups is 1. The molecule has 1 aliphatic heterocycles. The van der Waals surface area contributed by atoms with Crippen molar-refractivity contribution in [2.45, 2.75) is 18.8 Å². The first-order chi connectivity index (χ1) is 11.2. The molecule has 128 valence electrons. The van der Waals surface area contributed by atoms with Crippen molar-refractivity contribution in [2.75, 3.05) is 6.54 Å². The molecule has 0 radical (unpaired) electrons. The van der Waals surface area contributed by atoms with E-state index in [0.29, 0.717) is 10.5 Å². The Hall–Kier alpha value is -2.29. The molecular formula is C14H10ClF4N3O2. The lowest BCUT2D eigenvalue weighted by molar-refractivity contribution is -0.178. The summed E-state index contributed by atoms with van der Waals surface area (Å²) in [5.41, 5.74) is 0.598. The highest BCUT2D eigenvalue weighted by Gasteiger charge is 2.46. The first-order valence-electron chi connectivity index (χ1n) is 6.75. The minimum atomic E-state index is -4.66. The molecule has 1 N–H and O–H groups in total. The van der Waals surface area contributed by atoms with Gasteiger partial charge in [0.25, 0.3) is 0 Å². The lowest BCUT2D eigenvalue weighted by Gasteiger charge is -2.33. The minimum absolute atomic E-state index is 0.0985. The van der Waals surface area contributed by atoms with Crippen LogP contribution in [0.4, 0.5) is 22.4 Å². The first kappa shape index (κ1) is 16.6. The number of amides is 1. The summed E-state index contributed by atoms with van der Waals surface area (Å²) in [6.07, 6.45) is -6.10. The van der Waals surface area contributed by atoms with E-state index in [-0.39, 0.29) is 23.0 Å². The van der Waals surface area contributed by atoms with E-state index in [1.54, 1.807) is 0 Å². The fourth-order valence-electron chi connectivity index (χ4n) is 2.55. The maximum Gasteiger partial charge on any atom is 0.412 e. The molecule has 0 saturated carbocycles. The lowest BCUT2D eigenvalue weighted by Crippen LogP contribution is -2.45. The Kier molecular flexibility index (Phi) is 3.90. The quantitative estimate of drug-likeness (QED) is 0.781. The van der Waals surface area contributed by atoms with Gasteiger partial charge in [0.1, 0.15) is 5.82 Å². The van der Waals surface area contributed by atoms with E-state index < -0.39 is 30.7 Å². The third kappa shape index (κ3) is 2.91. The fraction of sp³-hybridized carbons (Fsp3) is 0.286. The monoisotopic (exact) mass is 363 g/mol. The number of halogens is 5. The normalized spacial score (nSPS) is 17.7. The number of benzene rings is 1. The Morgan fingerprint density at radius 3 is 2.62 bits per heavy atom. The number of fused-ring (bicyclic) bond motifs is 1. The molecule has 0 bridgehead atoms. The molecule has 2 heterocycles. The summed E-state index contributed by atoms with van der Waals surface area (Å²) in [6.45, 7) is -0.957. The van der Waals surface area contributed by atoms with Crippen LogP contribution in [0.5, 0.6) is 0 Å². The number of aromatic nitrogens is 2. The highest BCUT2D eigenvalue weighted by molar-refractivity contribution is 6.31. The Bertz CT molecular complexity index is 806. The second kappa shape index (κ2) is 5.66. The molecule has 1 unspecified atom stereocenters. The molecule has 5 nitrogen and oxygen atoms in total. The van der Waals surface area contributed by atoms with Crippen LogP contribution in [0.1, 0.15) is 11.7 Å². The van der Waals surface area contributed by atoms with Gasteiger partial charge in [0.2, 0.25) is 0 Å². The Balaban J connectivity index is 2.06. The van der Waals surface area contributed by atoms with Crippen molar-refractivity contribution in [3.63, 3.8) is 0 Å². The van der Waals surface area contributed by atoms with Crippen molar-refractivity contribution in [3.8, 4) is 11.3 Å². The summed E-state index contributed by atoms with van der Waals surface area (Å²) in [6, 6.07) is 2.94.